The molecule has 0 aliphatic rings. The molecule has 0 spiro atoms. The molecule has 0 amide bonds. The minimum Gasteiger partial charge on any atom is -0.494 e. The molecular weight excluding hydrogens is 538 g/mol. The number of nitrogens with zero attached hydrogens (tertiary/aromatic N) is 4. The Morgan fingerprint density at radius 2 is 1.68 bits per heavy atom. The Balaban J connectivity index is 1.21. The van der Waals surface area contributed by atoms with E-state index in [1.54, 1.807) is 35.6 Å². The second-order valence-electron chi connectivity index (χ2n) is 9.48. The van der Waals surface area contributed by atoms with E-state index in [1.807, 2.05) is 43.4 Å². The van der Waals surface area contributed by atoms with Gasteiger partial charge in [-0.25, -0.2) is 9.97 Å². The predicted molar refractivity (Wildman–Crippen MR) is 164 cm³/mol. The SMILES string of the molecule is CCCN(CCc1sc(NC)nc1-c1ccc(OCCCCCOc2ccc(C(=N)NO)cc2)cc1)n1ccnc1. The number of nitrogens with one attached hydrogen (secondary N) is 3. The molecule has 10 nitrogen and oxygen atoms in total. The van der Waals surface area contributed by atoms with E-state index in [0.717, 1.165) is 73.1 Å². The molecule has 0 bridgehead atoms. The number of imidazole rings is 1. The smallest absolute Gasteiger partial charge is 0.183 e. The van der Waals surface area contributed by atoms with Crippen molar-refractivity contribution in [2.24, 2.45) is 0 Å². The molecule has 0 unspecified atom stereocenters. The van der Waals surface area contributed by atoms with Crippen LogP contribution in [0, 0.1) is 5.41 Å². The first kappa shape index (κ1) is 29.9. The van der Waals surface area contributed by atoms with E-state index in [0.29, 0.717) is 18.8 Å². The summed E-state index contributed by atoms with van der Waals surface area (Å²) < 4.78 is 13.8. The molecule has 0 fully saturated rings. The van der Waals surface area contributed by atoms with Crippen LogP contribution in [0.2, 0.25) is 0 Å². The van der Waals surface area contributed by atoms with Crippen molar-refractivity contribution in [1.82, 2.24) is 20.1 Å². The van der Waals surface area contributed by atoms with Crippen LogP contribution in [-0.2, 0) is 6.42 Å². The van der Waals surface area contributed by atoms with Gasteiger partial charge in [0.2, 0.25) is 0 Å². The van der Waals surface area contributed by atoms with E-state index in [1.165, 1.54) is 4.88 Å². The fourth-order valence-corrected chi connectivity index (χ4v) is 5.28. The maximum atomic E-state index is 8.80. The molecule has 0 saturated heterocycles. The molecule has 0 radical (unpaired) electrons. The first-order valence-corrected chi connectivity index (χ1v) is 14.8. The molecule has 0 aliphatic heterocycles. The van der Waals surface area contributed by atoms with Gasteiger partial charge in [0, 0.05) is 55.0 Å². The number of benzene rings is 2. The van der Waals surface area contributed by atoms with Crippen molar-refractivity contribution in [3.8, 4) is 22.8 Å². The minimum atomic E-state index is -0.0432. The van der Waals surface area contributed by atoms with Gasteiger partial charge in [-0.05, 0) is 74.2 Å². The first-order chi connectivity index (χ1) is 20.1. The Labute approximate surface area is 245 Å². The van der Waals surface area contributed by atoms with Gasteiger partial charge < -0.3 is 19.8 Å². The standard InChI is InChI=1S/C30H39N7O3S/c1-3-17-36(37-19-16-33-22-37)18-15-27-28(34-30(32-2)41-27)23-7-11-25(12-8-23)39-20-5-4-6-21-40-26-13-9-24(10-14-26)29(31)35-38/h7-14,16,19,22,38H,3-6,15,17-18,20-21H2,1-2H3,(H2,31,35)(H,32,34). The summed E-state index contributed by atoms with van der Waals surface area (Å²) >= 11 is 1.70. The predicted octanol–water partition coefficient (Wildman–Crippen LogP) is 5.57. The number of amidine groups is 1. The maximum Gasteiger partial charge on any atom is 0.183 e. The molecule has 11 heteroatoms. The average molecular weight is 578 g/mol. The lowest BCUT2D eigenvalue weighted by Crippen LogP contribution is -2.36. The highest BCUT2D eigenvalue weighted by Gasteiger charge is 2.15. The van der Waals surface area contributed by atoms with Crippen LogP contribution in [0.1, 0.15) is 43.0 Å². The monoisotopic (exact) mass is 577 g/mol. The molecule has 0 aliphatic carbocycles. The molecular formula is C30H39N7O3S. The Hall–Kier alpha value is -4.09. The number of rotatable bonds is 17. The van der Waals surface area contributed by atoms with Gasteiger partial charge in [-0.2, -0.15) is 0 Å². The van der Waals surface area contributed by atoms with E-state index >= 15 is 0 Å². The third-order valence-electron chi connectivity index (χ3n) is 6.52. The molecule has 2 aromatic heterocycles. The molecule has 218 valence electrons. The van der Waals surface area contributed by atoms with Crippen LogP contribution < -0.4 is 25.3 Å². The van der Waals surface area contributed by atoms with Crippen molar-refractivity contribution in [2.45, 2.75) is 39.0 Å². The van der Waals surface area contributed by atoms with Crippen LogP contribution in [-0.4, -0.2) is 59.0 Å². The number of hydroxylamine groups is 1. The van der Waals surface area contributed by atoms with Crippen molar-refractivity contribution in [3.63, 3.8) is 0 Å². The summed E-state index contributed by atoms with van der Waals surface area (Å²) in [5, 5.41) is 22.8. The highest BCUT2D eigenvalue weighted by Crippen LogP contribution is 2.32. The number of anilines is 1. The Bertz CT molecular complexity index is 1330. The van der Waals surface area contributed by atoms with Gasteiger partial charge in [-0.1, -0.05) is 6.92 Å². The summed E-state index contributed by atoms with van der Waals surface area (Å²) in [7, 11) is 1.91. The van der Waals surface area contributed by atoms with Crippen molar-refractivity contribution < 1.29 is 14.7 Å². The highest BCUT2D eigenvalue weighted by atomic mass is 32.1. The van der Waals surface area contributed by atoms with E-state index < -0.39 is 0 Å². The minimum absolute atomic E-state index is 0.0432. The lowest BCUT2D eigenvalue weighted by molar-refractivity contribution is 0.234. The van der Waals surface area contributed by atoms with Crippen LogP contribution in [0.25, 0.3) is 11.3 Å². The molecule has 2 heterocycles. The number of hydrogen-bond acceptors (Lipinski definition) is 9. The van der Waals surface area contributed by atoms with Crippen molar-refractivity contribution in [2.75, 3.05) is 43.7 Å². The molecule has 41 heavy (non-hydrogen) atoms. The molecule has 0 saturated carbocycles. The average Bonchev–Trinajstić information content (AvgIpc) is 3.70. The lowest BCUT2D eigenvalue weighted by atomic mass is 10.1. The molecule has 4 rings (SSSR count). The number of unbranched alkanes of at least 4 members (excludes halogenated alkanes) is 2. The van der Waals surface area contributed by atoms with E-state index in [4.69, 9.17) is 25.1 Å². The first-order valence-electron chi connectivity index (χ1n) is 14.0. The Morgan fingerprint density at radius 1 is 1.00 bits per heavy atom. The van der Waals surface area contributed by atoms with Crippen LogP contribution in [0.4, 0.5) is 5.13 Å². The van der Waals surface area contributed by atoms with Gasteiger partial charge in [0.05, 0.1) is 18.9 Å². The van der Waals surface area contributed by atoms with Gasteiger partial charge in [0.15, 0.2) is 5.13 Å². The Kier molecular flexibility index (Phi) is 11.4. The van der Waals surface area contributed by atoms with Crippen molar-refractivity contribution in [1.29, 1.82) is 5.41 Å². The topological polar surface area (TPSA) is 121 Å². The van der Waals surface area contributed by atoms with Crippen LogP contribution in [0.15, 0.2) is 67.3 Å². The second kappa shape index (κ2) is 15.6. The van der Waals surface area contributed by atoms with Crippen LogP contribution in [0.3, 0.4) is 0 Å². The largest absolute Gasteiger partial charge is 0.494 e. The third kappa shape index (κ3) is 8.70. The number of thiazole rings is 1. The van der Waals surface area contributed by atoms with Gasteiger partial charge in [0.25, 0.3) is 0 Å². The summed E-state index contributed by atoms with van der Waals surface area (Å²) in [6.45, 7) is 5.31. The maximum absolute atomic E-state index is 8.80. The lowest BCUT2D eigenvalue weighted by Gasteiger charge is -2.24. The molecule has 0 atom stereocenters. The quantitative estimate of drug-likeness (QED) is 0.0556. The van der Waals surface area contributed by atoms with E-state index in [2.05, 4.69) is 39.0 Å². The van der Waals surface area contributed by atoms with Gasteiger partial charge in [-0.15, -0.1) is 11.3 Å². The van der Waals surface area contributed by atoms with Gasteiger partial charge >= 0.3 is 0 Å². The van der Waals surface area contributed by atoms with Gasteiger partial charge in [-0.3, -0.25) is 20.8 Å². The summed E-state index contributed by atoms with van der Waals surface area (Å²) in [5.74, 6) is 1.56. The molecule has 4 N–H and O–H groups in total. The fraction of sp³-hybridized carbons (Fsp3) is 0.367. The zero-order chi connectivity index (χ0) is 28.9. The summed E-state index contributed by atoms with van der Waals surface area (Å²) in [6, 6.07) is 15.3. The van der Waals surface area contributed by atoms with Crippen molar-refractivity contribution in [3.05, 3.63) is 77.7 Å². The normalized spacial score (nSPS) is 10.8. The second-order valence-corrected chi connectivity index (χ2v) is 10.6. The molecule has 2 aromatic carbocycles. The highest BCUT2D eigenvalue weighted by molar-refractivity contribution is 7.16. The van der Waals surface area contributed by atoms with Crippen LogP contribution >= 0.6 is 11.3 Å². The number of hydrogen-bond donors (Lipinski definition) is 4. The van der Waals surface area contributed by atoms with Crippen molar-refractivity contribution >= 4 is 22.3 Å². The summed E-state index contributed by atoms with van der Waals surface area (Å²) in [6.07, 6.45) is 10.5. The zero-order valence-corrected chi connectivity index (χ0v) is 24.5. The summed E-state index contributed by atoms with van der Waals surface area (Å²) in [5.41, 5.74) is 4.54. The third-order valence-corrected chi connectivity index (χ3v) is 7.65. The van der Waals surface area contributed by atoms with Gasteiger partial charge in [0.1, 0.15) is 23.7 Å². The zero-order valence-electron chi connectivity index (χ0n) is 23.7. The Morgan fingerprint density at radius 3 is 2.27 bits per heavy atom. The number of ether oxygens (including phenoxy) is 2. The molecule has 4 aromatic rings. The fourth-order valence-electron chi connectivity index (χ4n) is 4.36. The number of aromatic nitrogens is 3. The van der Waals surface area contributed by atoms with Crippen LogP contribution in [0.5, 0.6) is 11.5 Å². The van der Waals surface area contributed by atoms with E-state index in [9.17, 15) is 0 Å². The van der Waals surface area contributed by atoms with E-state index in [-0.39, 0.29) is 5.84 Å². The summed E-state index contributed by atoms with van der Waals surface area (Å²) in [4.78, 5) is 10.3.